The van der Waals surface area contributed by atoms with Gasteiger partial charge in [-0.05, 0) is 55.5 Å². The maximum Gasteiger partial charge on any atom is 0.243 e. The largest absolute Gasteiger partial charge is 0.497 e. The number of halogens is 1. The molecular formula is C28H38FN3O5S. The van der Waals surface area contributed by atoms with Crippen LogP contribution in [0.15, 0.2) is 48.5 Å². The number of amides is 2. The van der Waals surface area contributed by atoms with E-state index in [-0.39, 0.29) is 49.5 Å². The molecule has 1 fully saturated rings. The third-order valence-corrected chi connectivity index (χ3v) is 8.03. The highest BCUT2D eigenvalue weighted by molar-refractivity contribution is 7.92. The van der Waals surface area contributed by atoms with Crippen molar-refractivity contribution >= 4 is 27.5 Å². The summed E-state index contributed by atoms with van der Waals surface area (Å²) in [5.41, 5.74) is 0.756. The molecule has 0 heterocycles. The van der Waals surface area contributed by atoms with Crippen molar-refractivity contribution in [2.24, 2.45) is 0 Å². The second-order valence-electron chi connectivity index (χ2n) is 9.68. The van der Waals surface area contributed by atoms with E-state index < -0.39 is 21.9 Å². The van der Waals surface area contributed by atoms with Crippen LogP contribution >= 0.6 is 0 Å². The molecule has 208 valence electrons. The van der Waals surface area contributed by atoms with Crippen LogP contribution in [0.25, 0.3) is 0 Å². The number of hydrogen-bond donors (Lipinski definition) is 1. The Morgan fingerprint density at radius 2 is 1.84 bits per heavy atom. The Morgan fingerprint density at radius 1 is 1.13 bits per heavy atom. The van der Waals surface area contributed by atoms with Gasteiger partial charge in [0.05, 0.1) is 19.1 Å². The Balaban J connectivity index is 1.78. The number of carbonyl (C=O) groups is 2. The van der Waals surface area contributed by atoms with Crippen molar-refractivity contribution in [1.82, 2.24) is 10.2 Å². The summed E-state index contributed by atoms with van der Waals surface area (Å²) in [5, 5.41) is 3.11. The zero-order valence-corrected chi connectivity index (χ0v) is 23.2. The van der Waals surface area contributed by atoms with Crippen LogP contribution in [0, 0.1) is 5.82 Å². The number of benzene rings is 2. The maximum atomic E-state index is 14.4. The van der Waals surface area contributed by atoms with Crippen LogP contribution in [0.3, 0.4) is 0 Å². The van der Waals surface area contributed by atoms with Crippen molar-refractivity contribution in [3.63, 3.8) is 0 Å². The predicted molar refractivity (Wildman–Crippen MR) is 146 cm³/mol. The SMILES string of the molecule is CC[C@@H](C(=O)NC1CCCC1)N(Cc1cccc(OC)c1)C(=O)CCCN(c1ccccc1F)S(C)(=O)=O. The average molecular weight is 548 g/mol. The topological polar surface area (TPSA) is 96.0 Å². The number of nitrogens with zero attached hydrogens (tertiary/aromatic N) is 2. The second kappa shape index (κ2) is 13.6. The number of para-hydroxylation sites is 1. The molecule has 0 saturated heterocycles. The molecule has 0 unspecified atom stereocenters. The van der Waals surface area contributed by atoms with E-state index in [0.717, 1.165) is 41.8 Å². The first-order valence-corrected chi connectivity index (χ1v) is 14.9. The van der Waals surface area contributed by atoms with Gasteiger partial charge < -0.3 is 15.0 Å². The van der Waals surface area contributed by atoms with Crippen LogP contribution in [0.4, 0.5) is 10.1 Å². The van der Waals surface area contributed by atoms with E-state index in [1.807, 2.05) is 31.2 Å². The van der Waals surface area contributed by atoms with E-state index >= 15 is 0 Å². The Morgan fingerprint density at radius 3 is 2.47 bits per heavy atom. The molecule has 10 heteroatoms. The molecule has 38 heavy (non-hydrogen) atoms. The summed E-state index contributed by atoms with van der Waals surface area (Å²) < 4.78 is 45.5. The van der Waals surface area contributed by atoms with E-state index in [9.17, 15) is 22.4 Å². The fourth-order valence-electron chi connectivity index (χ4n) is 4.89. The Bertz CT molecular complexity index is 1200. The van der Waals surface area contributed by atoms with Crippen molar-refractivity contribution in [3.05, 3.63) is 59.9 Å². The van der Waals surface area contributed by atoms with Crippen LogP contribution in [-0.2, 0) is 26.2 Å². The van der Waals surface area contributed by atoms with Crippen molar-refractivity contribution in [3.8, 4) is 5.75 Å². The van der Waals surface area contributed by atoms with Crippen LogP contribution < -0.4 is 14.4 Å². The van der Waals surface area contributed by atoms with Gasteiger partial charge in [-0.3, -0.25) is 13.9 Å². The highest BCUT2D eigenvalue weighted by atomic mass is 32.2. The zero-order valence-electron chi connectivity index (χ0n) is 22.4. The molecule has 8 nitrogen and oxygen atoms in total. The van der Waals surface area contributed by atoms with Crippen LogP contribution in [-0.4, -0.2) is 57.1 Å². The van der Waals surface area contributed by atoms with Crippen molar-refractivity contribution < 1.29 is 27.1 Å². The quantitative estimate of drug-likeness (QED) is 0.405. The Hall–Kier alpha value is -3.14. The average Bonchev–Trinajstić information content (AvgIpc) is 3.39. The predicted octanol–water partition coefficient (Wildman–Crippen LogP) is 4.25. The Kier molecular flexibility index (Phi) is 10.5. The van der Waals surface area contributed by atoms with Crippen LogP contribution in [0.2, 0.25) is 0 Å². The summed E-state index contributed by atoms with van der Waals surface area (Å²) in [6.45, 7) is 2.01. The molecule has 1 atom stereocenters. The molecule has 2 amide bonds. The highest BCUT2D eigenvalue weighted by Gasteiger charge is 2.31. The lowest BCUT2D eigenvalue weighted by Crippen LogP contribution is -2.51. The molecule has 0 aromatic heterocycles. The van der Waals surface area contributed by atoms with Gasteiger partial charge in [0.15, 0.2) is 0 Å². The first-order valence-electron chi connectivity index (χ1n) is 13.1. The van der Waals surface area contributed by atoms with E-state index in [4.69, 9.17) is 4.74 Å². The fourth-order valence-corrected chi connectivity index (χ4v) is 5.86. The maximum absolute atomic E-state index is 14.4. The van der Waals surface area contributed by atoms with Gasteiger partial charge in [0, 0.05) is 25.6 Å². The fraction of sp³-hybridized carbons (Fsp3) is 0.500. The van der Waals surface area contributed by atoms with Gasteiger partial charge in [-0.1, -0.05) is 44.0 Å². The van der Waals surface area contributed by atoms with Gasteiger partial charge in [-0.2, -0.15) is 0 Å². The molecular weight excluding hydrogens is 509 g/mol. The third kappa shape index (κ3) is 7.93. The Labute approximate surface area is 225 Å². The third-order valence-electron chi connectivity index (χ3n) is 6.85. The molecule has 1 saturated carbocycles. The van der Waals surface area contributed by atoms with Crippen LogP contribution in [0.1, 0.15) is 57.4 Å². The minimum atomic E-state index is -3.77. The summed E-state index contributed by atoms with van der Waals surface area (Å²) >= 11 is 0. The lowest BCUT2D eigenvalue weighted by atomic mass is 10.1. The lowest BCUT2D eigenvalue weighted by molar-refractivity contribution is -0.141. The number of ether oxygens (including phenoxy) is 1. The summed E-state index contributed by atoms with van der Waals surface area (Å²) in [7, 11) is -2.21. The smallest absolute Gasteiger partial charge is 0.243 e. The number of carbonyl (C=O) groups excluding carboxylic acids is 2. The number of nitrogens with one attached hydrogen (secondary N) is 1. The second-order valence-corrected chi connectivity index (χ2v) is 11.6. The van der Waals surface area contributed by atoms with Crippen molar-refractivity contribution in [2.45, 2.75) is 70.5 Å². The molecule has 2 aromatic carbocycles. The molecule has 1 aliphatic carbocycles. The minimum absolute atomic E-state index is 0.00233. The van der Waals surface area contributed by atoms with E-state index in [2.05, 4.69) is 5.32 Å². The van der Waals surface area contributed by atoms with Crippen molar-refractivity contribution in [1.29, 1.82) is 0 Å². The highest BCUT2D eigenvalue weighted by Crippen LogP contribution is 2.24. The van der Waals surface area contributed by atoms with Gasteiger partial charge in [-0.25, -0.2) is 12.8 Å². The summed E-state index contributed by atoms with van der Waals surface area (Å²) in [4.78, 5) is 28.4. The molecule has 1 aliphatic rings. The van der Waals surface area contributed by atoms with E-state index in [0.29, 0.717) is 12.2 Å². The van der Waals surface area contributed by atoms with Gasteiger partial charge in [-0.15, -0.1) is 0 Å². The number of anilines is 1. The van der Waals surface area contributed by atoms with E-state index in [1.54, 1.807) is 18.1 Å². The van der Waals surface area contributed by atoms with Crippen LogP contribution in [0.5, 0.6) is 5.75 Å². The lowest BCUT2D eigenvalue weighted by Gasteiger charge is -2.32. The number of sulfonamides is 1. The molecule has 0 radical (unpaired) electrons. The monoisotopic (exact) mass is 547 g/mol. The zero-order chi connectivity index (χ0) is 27.7. The number of hydrogen-bond acceptors (Lipinski definition) is 5. The molecule has 0 aliphatic heterocycles. The van der Waals surface area contributed by atoms with Crippen molar-refractivity contribution in [2.75, 3.05) is 24.2 Å². The molecule has 0 spiro atoms. The van der Waals surface area contributed by atoms with E-state index in [1.165, 1.54) is 18.2 Å². The number of rotatable bonds is 13. The molecule has 1 N–H and O–H groups in total. The molecule has 2 aromatic rings. The van der Waals surface area contributed by atoms with Gasteiger partial charge >= 0.3 is 0 Å². The minimum Gasteiger partial charge on any atom is -0.497 e. The summed E-state index contributed by atoms with van der Waals surface area (Å²) in [5.74, 6) is -0.464. The molecule has 3 rings (SSSR count). The van der Waals surface area contributed by atoms with Gasteiger partial charge in [0.25, 0.3) is 0 Å². The normalized spacial score (nSPS) is 14.6. The first-order chi connectivity index (χ1) is 18.1. The summed E-state index contributed by atoms with van der Waals surface area (Å²) in [6, 6.07) is 12.4. The first kappa shape index (κ1) is 29.4. The standard InChI is InChI=1S/C28H38FN3O5S/c1-4-25(28(34)30-22-12-5-6-13-22)31(20-21-11-9-14-23(19-21)37-2)27(33)17-10-18-32(38(3,35)36)26-16-8-7-15-24(26)29/h7-9,11,14-16,19,22,25H,4-6,10,12-13,17-18,20H2,1-3H3,(H,30,34)/t25-/m0/s1. The van der Waals surface area contributed by atoms with Gasteiger partial charge in [0.1, 0.15) is 17.6 Å². The molecule has 0 bridgehead atoms. The summed E-state index contributed by atoms with van der Waals surface area (Å²) in [6.07, 6.45) is 5.62. The number of methoxy groups -OCH3 is 1. The van der Waals surface area contributed by atoms with Gasteiger partial charge in [0.2, 0.25) is 21.8 Å².